The first-order chi connectivity index (χ1) is 10.6. The van der Waals surface area contributed by atoms with Gasteiger partial charge in [-0.25, -0.2) is 13.6 Å². The number of hydrogen-bond acceptors (Lipinski definition) is 2. The van der Waals surface area contributed by atoms with Crippen LogP contribution in [-0.4, -0.2) is 18.3 Å². The predicted octanol–water partition coefficient (Wildman–Crippen LogP) is 4.27. The summed E-state index contributed by atoms with van der Waals surface area (Å²) in [5, 5.41) is 5.12. The summed E-state index contributed by atoms with van der Waals surface area (Å²) in [4.78, 5) is 12.6. The van der Waals surface area contributed by atoms with E-state index in [2.05, 4.69) is 10.6 Å². The zero-order chi connectivity index (χ0) is 15.8. The minimum absolute atomic E-state index is 0.153. The number of amides is 2. The number of carbonyl (C=O) groups excluding carboxylic acids is 1. The van der Waals surface area contributed by atoms with Crippen molar-refractivity contribution in [2.75, 3.05) is 17.6 Å². The highest BCUT2D eigenvalue weighted by Crippen LogP contribution is 2.18. The number of urea groups is 1. The molecule has 3 nitrogen and oxygen atoms in total. The largest absolute Gasteiger partial charge is 0.338 e. The lowest BCUT2D eigenvalue weighted by Gasteiger charge is -2.08. The van der Waals surface area contributed by atoms with Gasteiger partial charge < -0.3 is 10.6 Å². The molecule has 0 spiro atoms. The molecule has 0 aliphatic carbocycles. The number of para-hydroxylation sites is 1. The lowest BCUT2D eigenvalue weighted by atomic mass is 10.3. The van der Waals surface area contributed by atoms with E-state index in [9.17, 15) is 13.6 Å². The number of halogens is 2. The molecule has 0 heterocycles. The van der Waals surface area contributed by atoms with Crippen LogP contribution in [0.25, 0.3) is 0 Å². The first-order valence-electron chi connectivity index (χ1n) is 6.83. The Morgan fingerprint density at radius 2 is 1.77 bits per heavy atom. The molecule has 22 heavy (non-hydrogen) atoms. The highest BCUT2D eigenvalue weighted by molar-refractivity contribution is 7.99. The third kappa shape index (κ3) is 5.37. The van der Waals surface area contributed by atoms with Gasteiger partial charge in [0, 0.05) is 11.4 Å². The Morgan fingerprint density at radius 1 is 1.05 bits per heavy atom. The molecule has 0 aliphatic heterocycles. The SMILES string of the molecule is O=C(NCCCSc1ccc(F)cc1)Nc1ccccc1F. The molecule has 0 saturated heterocycles. The number of rotatable bonds is 6. The van der Waals surface area contributed by atoms with Gasteiger partial charge in [-0.2, -0.15) is 0 Å². The van der Waals surface area contributed by atoms with Crippen LogP contribution in [0.2, 0.25) is 0 Å². The van der Waals surface area contributed by atoms with Crippen molar-refractivity contribution in [3.63, 3.8) is 0 Å². The summed E-state index contributed by atoms with van der Waals surface area (Å²) >= 11 is 1.59. The van der Waals surface area contributed by atoms with Crippen molar-refractivity contribution >= 4 is 23.5 Å². The average molecular weight is 322 g/mol. The van der Waals surface area contributed by atoms with Crippen molar-refractivity contribution in [1.29, 1.82) is 0 Å². The number of benzene rings is 2. The van der Waals surface area contributed by atoms with E-state index in [1.54, 1.807) is 36.0 Å². The molecule has 0 fully saturated rings. The molecular weight excluding hydrogens is 306 g/mol. The summed E-state index contributed by atoms with van der Waals surface area (Å²) in [5.74, 6) is 0.0753. The molecule has 0 aromatic heterocycles. The van der Waals surface area contributed by atoms with Crippen LogP contribution in [-0.2, 0) is 0 Å². The van der Waals surface area contributed by atoms with Gasteiger partial charge >= 0.3 is 6.03 Å². The van der Waals surface area contributed by atoms with Crippen molar-refractivity contribution in [2.45, 2.75) is 11.3 Å². The van der Waals surface area contributed by atoms with Crippen molar-refractivity contribution in [3.8, 4) is 0 Å². The maximum Gasteiger partial charge on any atom is 0.319 e. The normalized spacial score (nSPS) is 10.3. The molecule has 0 radical (unpaired) electrons. The Kier molecular flexibility index (Phi) is 6.21. The quantitative estimate of drug-likeness (QED) is 0.616. The number of nitrogens with one attached hydrogen (secondary N) is 2. The van der Waals surface area contributed by atoms with Crippen molar-refractivity contribution in [1.82, 2.24) is 5.32 Å². The highest BCUT2D eigenvalue weighted by atomic mass is 32.2. The van der Waals surface area contributed by atoms with Gasteiger partial charge in [-0.05, 0) is 48.6 Å². The second kappa shape index (κ2) is 8.38. The van der Waals surface area contributed by atoms with Gasteiger partial charge in [0.15, 0.2) is 0 Å². The zero-order valence-corrected chi connectivity index (χ0v) is 12.6. The summed E-state index contributed by atoms with van der Waals surface area (Å²) in [6.07, 6.45) is 0.757. The second-order valence-corrected chi connectivity index (χ2v) is 5.69. The third-order valence-corrected chi connectivity index (χ3v) is 3.91. The first-order valence-corrected chi connectivity index (χ1v) is 7.81. The first kappa shape index (κ1) is 16.3. The van der Waals surface area contributed by atoms with E-state index < -0.39 is 11.8 Å². The summed E-state index contributed by atoms with van der Waals surface area (Å²) < 4.78 is 26.1. The summed E-state index contributed by atoms with van der Waals surface area (Å²) in [7, 11) is 0. The number of thioether (sulfide) groups is 1. The molecule has 2 N–H and O–H groups in total. The predicted molar refractivity (Wildman–Crippen MR) is 85.2 cm³/mol. The van der Waals surface area contributed by atoms with E-state index >= 15 is 0 Å². The van der Waals surface area contributed by atoms with Crippen LogP contribution in [0.3, 0.4) is 0 Å². The van der Waals surface area contributed by atoms with Gasteiger partial charge in [0.1, 0.15) is 11.6 Å². The summed E-state index contributed by atoms with van der Waals surface area (Å²) in [6, 6.07) is 11.8. The summed E-state index contributed by atoms with van der Waals surface area (Å²) in [6.45, 7) is 0.481. The maximum atomic E-state index is 13.3. The fourth-order valence-corrected chi connectivity index (χ4v) is 2.58. The molecule has 0 bridgehead atoms. The average Bonchev–Trinajstić information content (AvgIpc) is 2.51. The number of anilines is 1. The molecule has 0 unspecified atom stereocenters. The van der Waals surface area contributed by atoms with Crippen LogP contribution in [0.4, 0.5) is 19.3 Å². The van der Waals surface area contributed by atoms with Crippen LogP contribution in [0.15, 0.2) is 53.4 Å². The van der Waals surface area contributed by atoms with E-state index in [0.29, 0.717) is 6.54 Å². The van der Waals surface area contributed by atoms with Gasteiger partial charge in [0.2, 0.25) is 0 Å². The van der Waals surface area contributed by atoms with Gasteiger partial charge in [0.25, 0.3) is 0 Å². The molecule has 2 aromatic carbocycles. The molecule has 2 amide bonds. The fourth-order valence-electron chi connectivity index (χ4n) is 1.72. The Bertz CT molecular complexity index is 620. The smallest absolute Gasteiger partial charge is 0.319 e. The number of carbonyl (C=O) groups is 1. The summed E-state index contributed by atoms with van der Waals surface area (Å²) in [5.41, 5.74) is 0.153. The van der Waals surface area contributed by atoms with Gasteiger partial charge in [-0.1, -0.05) is 12.1 Å². The lowest BCUT2D eigenvalue weighted by molar-refractivity contribution is 0.252. The monoisotopic (exact) mass is 322 g/mol. The van der Waals surface area contributed by atoms with E-state index in [1.807, 2.05) is 0 Å². The van der Waals surface area contributed by atoms with Gasteiger partial charge in [0.05, 0.1) is 5.69 Å². The standard InChI is InChI=1S/C16H16F2N2OS/c17-12-6-8-13(9-7-12)22-11-3-10-19-16(21)20-15-5-2-1-4-14(15)18/h1-2,4-9H,3,10-11H2,(H2,19,20,21). The van der Waals surface area contributed by atoms with Gasteiger partial charge in [-0.15, -0.1) is 11.8 Å². The van der Waals surface area contributed by atoms with E-state index in [4.69, 9.17) is 0 Å². The van der Waals surface area contributed by atoms with Gasteiger partial charge in [-0.3, -0.25) is 0 Å². The van der Waals surface area contributed by atoms with Crippen LogP contribution in [0, 0.1) is 11.6 Å². The van der Waals surface area contributed by atoms with Crippen molar-refractivity contribution in [3.05, 3.63) is 60.2 Å². The Balaban J connectivity index is 1.63. The maximum absolute atomic E-state index is 13.3. The minimum Gasteiger partial charge on any atom is -0.338 e. The van der Waals surface area contributed by atoms with E-state index in [1.165, 1.54) is 24.3 Å². The van der Waals surface area contributed by atoms with Crippen LogP contribution in [0.5, 0.6) is 0 Å². The highest BCUT2D eigenvalue weighted by Gasteiger charge is 2.04. The van der Waals surface area contributed by atoms with Crippen molar-refractivity contribution < 1.29 is 13.6 Å². The molecule has 2 aromatic rings. The van der Waals surface area contributed by atoms with E-state index in [0.717, 1.165) is 17.1 Å². The third-order valence-electron chi connectivity index (χ3n) is 2.81. The minimum atomic E-state index is -0.468. The van der Waals surface area contributed by atoms with E-state index in [-0.39, 0.29) is 11.5 Å². The lowest BCUT2D eigenvalue weighted by Crippen LogP contribution is -2.30. The molecular formula is C16H16F2N2OS. The molecule has 0 saturated carbocycles. The molecule has 0 aliphatic rings. The topological polar surface area (TPSA) is 41.1 Å². The second-order valence-electron chi connectivity index (χ2n) is 4.52. The Hall–Kier alpha value is -2.08. The van der Waals surface area contributed by atoms with Crippen molar-refractivity contribution in [2.24, 2.45) is 0 Å². The number of hydrogen-bond donors (Lipinski definition) is 2. The molecule has 2 rings (SSSR count). The molecule has 116 valence electrons. The Morgan fingerprint density at radius 3 is 2.50 bits per heavy atom. The Labute approximate surface area is 132 Å². The molecule has 0 atom stereocenters. The zero-order valence-electron chi connectivity index (χ0n) is 11.8. The fraction of sp³-hybridized carbons (Fsp3) is 0.188. The van der Waals surface area contributed by atoms with Crippen LogP contribution in [0.1, 0.15) is 6.42 Å². The van der Waals surface area contributed by atoms with Crippen LogP contribution >= 0.6 is 11.8 Å². The van der Waals surface area contributed by atoms with Crippen LogP contribution < -0.4 is 10.6 Å². The molecule has 6 heteroatoms.